The second-order valence-corrected chi connectivity index (χ2v) is 3.31. The molecule has 0 heterocycles. The standard InChI is InChI=1S/C8H6Cl2O3/c9-7(10)8(12)13-6-3-1-5(11)2-4-6/h1-4,7,11H. The van der Waals surface area contributed by atoms with Gasteiger partial charge in [-0.1, -0.05) is 23.2 Å². The minimum absolute atomic E-state index is 0.0908. The summed E-state index contributed by atoms with van der Waals surface area (Å²) < 4.78 is 4.72. The number of ether oxygens (including phenoxy) is 1. The van der Waals surface area contributed by atoms with Gasteiger partial charge in [0, 0.05) is 0 Å². The van der Waals surface area contributed by atoms with Crippen LogP contribution in [-0.4, -0.2) is 15.9 Å². The van der Waals surface area contributed by atoms with E-state index < -0.39 is 10.8 Å². The summed E-state index contributed by atoms with van der Waals surface area (Å²) in [6.07, 6.45) is 0. The fourth-order valence-corrected chi connectivity index (χ4v) is 0.764. The minimum atomic E-state index is -1.20. The van der Waals surface area contributed by atoms with Crippen LogP contribution in [0.25, 0.3) is 0 Å². The third kappa shape index (κ3) is 3.13. The van der Waals surface area contributed by atoms with Gasteiger partial charge >= 0.3 is 5.97 Å². The molecule has 0 atom stereocenters. The maximum Gasteiger partial charge on any atom is 0.344 e. The number of rotatable bonds is 2. The van der Waals surface area contributed by atoms with Crippen molar-refractivity contribution >= 4 is 29.2 Å². The Balaban J connectivity index is 2.65. The number of esters is 1. The summed E-state index contributed by atoms with van der Waals surface area (Å²) in [7, 11) is 0. The second kappa shape index (κ2) is 4.35. The van der Waals surface area contributed by atoms with E-state index in [1.54, 1.807) is 0 Å². The van der Waals surface area contributed by atoms with Crippen molar-refractivity contribution in [3.05, 3.63) is 24.3 Å². The monoisotopic (exact) mass is 220 g/mol. The van der Waals surface area contributed by atoms with Crippen LogP contribution in [0.15, 0.2) is 24.3 Å². The molecule has 1 aromatic carbocycles. The van der Waals surface area contributed by atoms with Gasteiger partial charge in [-0.05, 0) is 24.3 Å². The van der Waals surface area contributed by atoms with Crippen molar-refractivity contribution in [2.45, 2.75) is 4.84 Å². The first kappa shape index (κ1) is 10.2. The average Bonchev–Trinajstić information content (AvgIpc) is 2.08. The molecule has 0 aliphatic rings. The first-order valence-corrected chi connectivity index (χ1v) is 4.26. The van der Waals surface area contributed by atoms with Crippen LogP contribution in [0.4, 0.5) is 0 Å². The molecule has 0 aromatic heterocycles. The molecule has 70 valence electrons. The topological polar surface area (TPSA) is 46.5 Å². The Morgan fingerprint density at radius 3 is 2.31 bits per heavy atom. The molecule has 0 bridgehead atoms. The molecule has 1 aromatic rings. The third-order valence-corrected chi connectivity index (χ3v) is 1.59. The summed E-state index contributed by atoms with van der Waals surface area (Å²) in [5.74, 6) is -0.365. The number of halogens is 2. The molecule has 0 saturated carbocycles. The van der Waals surface area contributed by atoms with Gasteiger partial charge in [-0.15, -0.1) is 0 Å². The molecular weight excluding hydrogens is 215 g/mol. The van der Waals surface area contributed by atoms with Gasteiger partial charge in [-0.25, -0.2) is 4.79 Å². The van der Waals surface area contributed by atoms with E-state index in [0.717, 1.165) is 0 Å². The van der Waals surface area contributed by atoms with Gasteiger partial charge in [0.1, 0.15) is 11.5 Å². The van der Waals surface area contributed by atoms with Crippen LogP contribution < -0.4 is 4.74 Å². The Morgan fingerprint density at radius 2 is 1.85 bits per heavy atom. The highest BCUT2D eigenvalue weighted by molar-refractivity contribution is 6.53. The molecule has 0 aliphatic heterocycles. The molecule has 0 aliphatic carbocycles. The Kier molecular flexibility index (Phi) is 3.39. The molecule has 0 amide bonds. The van der Waals surface area contributed by atoms with Crippen molar-refractivity contribution in [3.63, 3.8) is 0 Å². The number of phenols is 1. The Labute approximate surface area is 84.8 Å². The number of carbonyl (C=O) groups is 1. The normalized spacial score (nSPS) is 10.1. The van der Waals surface area contributed by atoms with Crippen molar-refractivity contribution < 1.29 is 14.6 Å². The molecule has 3 nitrogen and oxygen atoms in total. The lowest BCUT2D eigenvalue weighted by molar-refractivity contribution is -0.132. The highest BCUT2D eigenvalue weighted by Gasteiger charge is 2.13. The fraction of sp³-hybridized carbons (Fsp3) is 0.125. The van der Waals surface area contributed by atoms with Crippen molar-refractivity contribution in [3.8, 4) is 11.5 Å². The van der Waals surface area contributed by atoms with Crippen LogP contribution in [-0.2, 0) is 4.79 Å². The number of aromatic hydroxyl groups is 1. The molecule has 0 spiro atoms. The van der Waals surface area contributed by atoms with Crippen molar-refractivity contribution in [2.24, 2.45) is 0 Å². The molecule has 1 N–H and O–H groups in total. The number of phenolic OH excluding ortho intramolecular Hbond substituents is 1. The lowest BCUT2D eigenvalue weighted by atomic mass is 10.3. The summed E-state index contributed by atoms with van der Waals surface area (Å²) in [6.45, 7) is 0. The maximum absolute atomic E-state index is 10.8. The number of hydrogen-bond donors (Lipinski definition) is 1. The zero-order valence-electron chi connectivity index (χ0n) is 6.41. The summed E-state index contributed by atoms with van der Waals surface area (Å²) in [5, 5.41) is 8.91. The Morgan fingerprint density at radius 1 is 1.31 bits per heavy atom. The van der Waals surface area contributed by atoms with Crippen LogP contribution in [0.5, 0.6) is 11.5 Å². The van der Waals surface area contributed by atoms with E-state index in [-0.39, 0.29) is 11.5 Å². The van der Waals surface area contributed by atoms with Crippen molar-refractivity contribution in [2.75, 3.05) is 0 Å². The van der Waals surface area contributed by atoms with Crippen molar-refractivity contribution in [1.82, 2.24) is 0 Å². The Bertz CT molecular complexity index is 295. The van der Waals surface area contributed by atoms with E-state index in [4.69, 9.17) is 33.0 Å². The van der Waals surface area contributed by atoms with Gasteiger partial charge in [-0.2, -0.15) is 0 Å². The molecule has 0 radical (unpaired) electrons. The van der Waals surface area contributed by atoms with E-state index in [9.17, 15) is 4.79 Å². The fourth-order valence-electron chi connectivity index (χ4n) is 0.675. The van der Waals surface area contributed by atoms with Gasteiger partial charge in [0.2, 0.25) is 4.84 Å². The van der Waals surface area contributed by atoms with Crippen molar-refractivity contribution in [1.29, 1.82) is 0 Å². The molecule has 0 saturated heterocycles. The first-order chi connectivity index (χ1) is 6.09. The summed E-state index contributed by atoms with van der Waals surface area (Å²) in [4.78, 5) is 9.65. The summed E-state index contributed by atoms with van der Waals surface area (Å²) >= 11 is 10.5. The van der Waals surface area contributed by atoms with Crippen LogP contribution in [0.2, 0.25) is 0 Å². The quantitative estimate of drug-likeness (QED) is 0.472. The molecular formula is C8H6Cl2O3. The molecule has 13 heavy (non-hydrogen) atoms. The first-order valence-electron chi connectivity index (χ1n) is 3.38. The third-order valence-electron chi connectivity index (χ3n) is 1.23. The maximum atomic E-state index is 10.8. The number of hydrogen-bond acceptors (Lipinski definition) is 3. The smallest absolute Gasteiger partial charge is 0.344 e. The zero-order chi connectivity index (χ0) is 9.84. The van der Waals surface area contributed by atoms with E-state index in [0.29, 0.717) is 0 Å². The minimum Gasteiger partial charge on any atom is -0.508 e. The van der Waals surface area contributed by atoms with Gasteiger partial charge in [0.25, 0.3) is 0 Å². The van der Waals surface area contributed by atoms with E-state index in [1.165, 1.54) is 24.3 Å². The molecule has 1 rings (SSSR count). The largest absolute Gasteiger partial charge is 0.508 e. The predicted octanol–water partition coefficient (Wildman–Crippen LogP) is 2.10. The second-order valence-electron chi connectivity index (χ2n) is 2.22. The summed E-state index contributed by atoms with van der Waals surface area (Å²) in [5.41, 5.74) is 0. The highest BCUT2D eigenvalue weighted by atomic mass is 35.5. The summed E-state index contributed by atoms with van der Waals surface area (Å²) in [6, 6.07) is 5.65. The van der Waals surface area contributed by atoms with E-state index in [2.05, 4.69) is 0 Å². The number of carbonyl (C=O) groups excluding carboxylic acids is 1. The Hall–Kier alpha value is -0.930. The SMILES string of the molecule is O=C(Oc1ccc(O)cc1)C(Cl)Cl. The van der Waals surface area contributed by atoms with E-state index in [1.807, 2.05) is 0 Å². The van der Waals surface area contributed by atoms with Crippen LogP contribution in [0, 0.1) is 0 Å². The lowest BCUT2D eigenvalue weighted by Gasteiger charge is -2.03. The molecule has 5 heteroatoms. The van der Waals surface area contributed by atoms with Crippen LogP contribution in [0.3, 0.4) is 0 Å². The van der Waals surface area contributed by atoms with Gasteiger partial charge in [-0.3, -0.25) is 0 Å². The highest BCUT2D eigenvalue weighted by Crippen LogP contribution is 2.17. The predicted molar refractivity (Wildman–Crippen MR) is 49.2 cm³/mol. The number of benzene rings is 1. The zero-order valence-corrected chi connectivity index (χ0v) is 7.92. The van der Waals surface area contributed by atoms with Gasteiger partial charge in [0.15, 0.2) is 0 Å². The van der Waals surface area contributed by atoms with Crippen LogP contribution in [0.1, 0.15) is 0 Å². The van der Waals surface area contributed by atoms with Crippen LogP contribution >= 0.6 is 23.2 Å². The van der Waals surface area contributed by atoms with E-state index >= 15 is 0 Å². The molecule has 0 fully saturated rings. The number of alkyl halides is 2. The van der Waals surface area contributed by atoms with Gasteiger partial charge < -0.3 is 9.84 Å². The lowest BCUT2D eigenvalue weighted by Crippen LogP contribution is -2.15. The molecule has 0 unspecified atom stereocenters. The average molecular weight is 221 g/mol. The van der Waals surface area contributed by atoms with Gasteiger partial charge in [0.05, 0.1) is 0 Å².